The first-order valence-corrected chi connectivity index (χ1v) is 7.00. The molecular weight excluding hydrogens is 308 g/mol. The number of nitrogens with zero attached hydrogens (tertiary/aromatic N) is 1. The molecule has 0 saturated carbocycles. The molecule has 19 heavy (non-hydrogen) atoms. The summed E-state index contributed by atoms with van der Waals surface area (Å²) in [7, 11) is 0. The van der Waals surface area contributed by atoms with Crippen molar-refractivity contribution in [1.82, 2.24) is 5.16 Å². The summed E-state index contributed by atoms with van der Waals surface area (Å²) in [5, 5.41) is 6.64. The standard InChI is InChI=1S/C14H15BrN2O2/c1-3-11(15)14(18)16-13-8-12(17-19-13)10-6-4-5-9(2)7-10/h4-8,11H,3H2,1-2H3,(H,16,18). The summed E-state index contributed by atoms with van der Waals surface area (Å²) >= 11 is 3.29. The third kappa shape index (κ3) is 3.44. The summed E-state index contributed by atoms with van der Waals surface area (Å²) in [6, 6.07) is 9.67. The van der Waals surface area contributed by atoms with Gasteiger partial charge in [0.15, 0.2) is 0 Å². The van der Waals surface area contributed by atoms with Crippen molar-refractivity contribution < 1.29 is 9.32 Å². The second-order valence-corrected chi connectivity index (χ2v) is 5.42. The number of carbonyl (C=O) groups excluding carboxylic acids is 1. The van der Waals surface area contributed by atoms with Gasteiger partial charge in [0.05, 0.1) is 4.83 Å². The third-order valence-electron chi connectivity index (χ3n) is 2.71. The van der Waals surface area contributed by atoms with Crippen molar-refractivity contribution in [3.63, 3.8) is 0 Å². The Labute approximate surface area is 120 Å². The molecule has 2 aromatic rings. The van der Waals surface area contributed by atoms with Gasteiger partial charge in [-0.2, -0.15) is 0 Å². The molecule has 0 aliphatic carbocycles. The second-order valence-electron chi connectivity index (χ2n) is 4.31. The highest BCUT2D eigenvalue weighted by Crippen LogP contribution is 2.22. The summed E-state index contributed by atoms with van der Waals surface area (Å²) in [5.74, 6) is 0.230. The number of anilines is 1. The Bertz CT molecular complexity index is 580. The Morgan fingerprint density at radius 3 is 2.95 bits per heavy atom. The van der Waals surface area contributed by atoms with E-state index in [4.69, 9.17) is 4.52 Å². The maximum atomic E-state index is 11.7. The lowest BCUT2D eigenvalue weighted by Crippen LogP contribution is -2.21. The third-order valence-corrected chi connectivity index (χ3v) is 3.78. The van der Waals surface area contributed by atoms with Crippen molar-refractivity contribution in [2.24, 2.45) is 0 Å². The van der Waals surface area contributed by atoms with Gasteiger partial charge < -0.3 is 4.52 Å². The number of hydrogen-bond acceptors (Lipinski definition) is 3. The van der Waals surface area contributed by atoms with Crippen LogP contribution in [-0.4, -0.2) is 15.9 Å². The van der Waals surface area contributed by atoms with Gasteiger partial charge in [0.25, 0.3) is 0 Å². The number of aryl methyl sites for hydroxylation is 1. The van der Waals surface area contributed by atoms with Crippen LogP contribution in [-0.2, 0) is 4.79 Å². The van der Waals surface area contributed by atoms with Gasteiger partial charge in [-0.25, -0.2) is 0 Å². The van der Waals surface area contributed by atoms with Gasteiger partial charge in [-0.15, -0.1) is 0 Å². The molecule has 2 rings (SSSR count). The van der Waals surface area contributed by atoms with Gasteiger partial charge in [-0.05, 0) is 19.4 Å². The minimum atomic E-state index is -0.222. The highest BCUT2D eigenvalue weighted by molar-refractivity contribution is 9.10. The number of amides is 1. The Balaban J connectivity index is 2.13. The molecule has 0 radical (unpaired) electrons. The number of benzene rings is 1. The summed E-state index contributed by atoms with van der Waals surface area (Å²) < 4.78 is 5.12. The first-order chi connectivity index (χ1) is 9.10. The van der Waals surface area contributed by atoms with Crippen LogP contribution in [0.25, 0.3) is 11.3 Å². The predicted octanol–water partition coefficient (Wildman–Crippen LogP) is 3.76. The molecule has 0 aliphatic heterocycles. The van der Waals surface area contributed by atoms with Gasteiger partial charge >= 0.3 is 0 Å². The minimum Gasteiger partial charge on any atom is -0.338 e. The van der Waals surface area contributed by atoms with Crippen LogP contribution in [0.3, 0.4) is 0 Å². The van der Waals surface area contributed by atoms with Crippen LogP contribution in [0.1, 0.15) is 18.9 Å². The zero-order valence-electron chi connectivity index (χ0n) is 10.8. The molecular formula is C14H15BrN2O2. The van der Waals surface area contributed by atoms with E-state index in [1.54, 1.807) is 6.07 Å². The van der Waals surface area contributed by atoms with E-state index < -0.39 is 0 Å². The summed E-state index contributed by atoms with van der Waals surface area (Å²) in [5.41, 5.74) is 2.83. The van der Waals surface area contributed by atoms with Crippen molar-refractivity contribution in [3.8, 4) is 11.3 Å². The highest BCUT2D eigenvalue weighted by atomic mass is 79.9. The van der Waals surface area contributed by atoms with Crippen molar-refractivity contribution >= 4 is 27.7 Å². The van der Waals surface area contributed by atoms with Crippen LogP contribution in [0, 0.1) is 6.92 Å². The maximum absolute atomic E-state index is 11.7. The Kier molecular flexibility index (Phi) is 4.37. The molecule has 1 aromatic heterocycles. The lowest BCUT2D eigenvalue weighted by atomic mass is 10.1. The van der Waals surface area contributed by atoms with E-state index in [9.17, 15) is 4.79 Å². The molecule has 1 amide bonds. The average Bonchev–Trinajstić information content (AvgIpc) is 2.86. The van der Waals surface area contributed by atoms with Crippen LogP contribution < -0.4 is 5.32 Å². The number of rotatable bonds is 4. The fourth-order valence-electron chi connectivity index (χ4n) is 1.66. The zero-order chi connectivity index (χ0) is 13.8. The van der Waals surface area contributed by atoms with Crippen molar-refractivity contribution in [1.29, 1.82) is 0 Å². The molecule has 0 fully saturated rings. The zero-order valence-corrected chi connectivity index (χ0v) is 12.4. The van der Waals surface area contributed by atoms with Crippen molar-refractivity contribution in [2.45, 2.75) is 25.1 Å². The van der Waals surface area contributed by atoms with Crippen LogP contribution >= 0.6 is 15.9 Å². The molecule has 1 aromatic carbocycles. The molecule has 100 valence electrons. The van der Waals surface area contributed by atoms with Crippen LogP contribution in [0.5, 0.6) is 0 Å². The molecule has 0 bridgehead atoms. The van der Waals surface area contributed by atoms with E-state index in [1.807, 2.05) is 38.1 Å². The van der Waals surface area contributed by atoms with Gasteiger partial charge in [0.2, 0.25) is 11.8 Å². The number of alkyl halides is 1. The van der Waals surface area contributed by atoms with E-state index in [0.717, 1.165) is 11.1 Å². The highest BCUT2D eigenvalue weighted by Gasteiger charge is 2.15. The lowest BCUT2D eigenvalue weighted by molar-refractivity contribution is -0.115. The number of carbonyl (C=O) groups is 1. The Hall–Kier alpha value is -1.62. The van der Waals surface area contributed by atoms with Gasteiger partial charge in [0.1, 0.15) is 5.69 Å². The molecule has 0 aliphatic rings. The maximum Gasteiger partial charge on any atom is 0.240 e. The summed E-state index contributed by atoms with van der Waals surface area (Å²) in [6.45, 7) is 3.94. The largest absolute Gasteiger partial charge is 0.338 e. The van der Waals surface area contributed by atoms with E-state index in [0.29, 0.717) is 18.0 Å². The second kappa shape index (κ2) is 6.02. The molecule has 1 atom stereocenters. The molecule has 5 heteroatoms. The van der Waals surface area contributed by atoms with E-state index in [2.05, 4.69) is 26.4 Å². The number of hydrogen-bond donors (Lipinski definition) is 1. The van der Waals surface area contributed by atoms with Crippen LogP contribution in [0.4, 0.5) is 5.88 Å². The molecule has 1 heterocycles. The molecule has 0 saturated heterocycles. The van der Waals surface area contributed by atoms with Crippen molar-refractivity contribution in [2.75, 3.05) is 5.32 Å². The first kappa shape index (κ1) is 13.8. The molecule has 1 N–H and O–H groups in total. The quantitative estimate of drug-likeness (QED) is 0.872. The number of halogens is 1. The smallest absolute Gasteiger partial charge is 0.240 e. The van der Waals surface area contributed by atoms with Gasteiger partial charge in [-0.1, -0.05) is 51.8 Å². The molecule has 1 unspecified atom stereocenters. The van der Waals surface area contributed by atoms with Crippen LogP contribution in [0.15, 0.2) is 34.9 Å². The number of nitrogens with one attached hydrogen (secondary N) is 1. The Morgan fingerprint density at radius 2 is 2.26 bits per heavy atom. The molecule has 0 spiro atoms. The number of aromatic nitrogens is 1. The minimum absolute atomic E-state index is 0.130. The van der Waals surface area contributed by atoms with Gasteiger partial charge in [0, 0.05) is 11.6 Å². The fraction of sp³-hybridized carbons (Fsp3) is 0.286. The normalized spacial score (nSPS) is 12.2. The lowest BCUT2D eigenvalue weighted by Gasteiger charge is -2.04. The van der Waals surface area contributed by atoms with Crippen LogP contribution in [0.2, 0.25) is 0 Å². The first-order valence-electron chi connectivity index (χ1n) is 6.09. The topological polar surface area (TPSA) is 55.1 Å². The summed E-state index contributed by atoms with van der Waals surface area (Å²) in [6.07, 6.45) is 0.713. The van der Waals surface area contributed by atoms with Gasteiger partial charge in [-0.3, -0.25) is 10.1 Å². The van der Waals surface area contributed by atoms with Crippen molar-refractivity contribution in [3.05, 3.63) is 35.9 Å². The summed E-state index contributed by atoms with van der Waals surface area (Å²) in [4.78, 5) is 11.5. The average molecular weight is 323 g/mol. The predicted molar refractivity (Wildman–Crippen MR) is 78.3 cm³/mol. The van der Waals surface area contributed by atoms with E-state index in [1.165, 1.54) is 0 Å². The monoisotopic (exact) mass is 322 g/mol. The van der Waals surface area contributed by atoms with E-state index >= 15 is 0 Å². The van der Waals surface area contributed by atoms with E-state index in [-0.39, 0.29) is 10.7 Å². The Morgan fingerprint density at radius 1 is 1.47 bits per heavy atom. The SMILES string of the molecule is CCC(Br)C(=O)Nc1cc(-c2cccc(C)c2)no1. The molecule has 4 nitrogen and oxygen atoms in total. The fourth-order valence-corrected chi connectivity index (χ4v) is 1.77.